The molecule has 1 aromatic rings. The first kappa shape index (κ1) is 12.2. The normalized spacial score (nSPS) is 12.1. The molecule has 0 fully saturated rings. The van der Waals surface area contributed by atoms with E-state index in [1.807, 2.05) is 6.92 Å². The molecule has 6 nitrogen and oxygen atoms in total. The number of rotatable bonds is 5. The minimum absolute atomic E-state index is 0.148. The van der Waals surface area contributed by atoms with Gasteiger partial charge < -0.3 is 10.4 Å². The van der Waals surface area contributed by atoms with Crippen molar-refractivity contribution < 1.29 is 14.7 Å². The Kier molecular flexibility index (Phi) is 4.04. The van der Waals surface area contributed by atoms with E-state index >= 15 is 0 Å². The van der Waals surface area contributed by atoms with Gasteiger partial charge in [0.2, 0.25) is 5.91 Å². The molecule has 0 aliphatic rings. The first-order chi connectivity index (χ1) is 7.54. The largest absolute Gasteiger partial charge is 0.481 e. The number of hydrogen-bond donors (Lipinski definition) is 2. The minimum atomic E-state index is -0.956. The Morgan fingerprint density at radius 1 is 1.62 bits per heavy atom. The molecule has 1 rings (SSSR count). The molecule has 0 saturated carbocycles. The van der Waals surface area contributed by atoms with E-state index in [4.69, 9.17) is 5.11 Å². The van der Waals surface area contributed by atoms with Crippen LogP contribution in [0.1, 0.15) is 32.0 Å². The number of aryl methyl sites for hydroxylation is 1. The number of aromatic nitrogens is 2. The molecule has 0 saturated heterocycles. The van der Waals surface area contributed by atoms with Crippen molar-refractivity contribution >= 4 is 11.9 Å². The number of aliphatic carboxylic acids is 1. The first-order valence-corrected chi connectivity index (χ1v) is 5.05. The lowest BCUT2D eigenvalue weighted by atomic mass is 10.1. The molecule has 1 aromatic heterocycles. The van der Waals surface area contributed by atoms with Crippen molar-refractivity contribution in [3.63, 3.8) is 0 Å². The van der Waals surface area contributed by atoms with Gasteiger partial charge >= 0.3 is 5.97 Å². The fourth-order valence-corrected chi connectivity index (χ4v) is 1.55. The smallest absolute Gasteiger partial charge is 0.305 e. The van der Waals surface area contributed by atoms with Crippen molar-refractivity contribution in [2.24, 2.45) is 0 Å². The molecule has 0 aliphatic heterocycles. The van der Waals surface area contributed by atoms with Crippen molar-refractivity contribution in [2.45, 2.75) is 32.9 Å². The van der Waals surface area contributed by atoms with Gasteiger partial charge in [-0.2, -0.15) is 5.10 Å². The number of nitrogens with zero attached hydrogens (tertiary/aromatic N) is 2. The van der Waals surface area contributed by atoms with E-state index in [1.54, 1.807) is 16.9 Å². The fraction of sp³-hybridized carbons (Fsp3) is 0.500. The lowest BCUT2D eigenvalue weighted by Crippen LogP contribution is -2.29. The first-order valence-electron chi connectivity index (χ1n) is 5.05. The molecule has 1 amide bonds. The van der Waals surface area contributed by atoms with E-state index in [1.165, 1.54) is 6.92 Å². The molecule has 16 heavy (non-hydrogen) atoms. The van der Waals surface area contributed by atoms with E-state index < -0.39 is 12.0 Å². The molecule has 1 heterocycles. The van der Waals surface area contributed by atoms with Crippen LogP contribution in [0.25, 0.3) is 0 Å². The molecular weight excluding hydrogens is 210 g/mol. The summed E-state index contributed by atoms with van der Waals surface area (Å²) in [7, 11) is 0. The summed E-state index contributed by atoms with van der Waals surface area (Å²) < 4.78 is 1.67. The Morgan fingerprint density at radius 3 is 2.81 bits per heavy atom. The third-order valence-corrected chi connectivity index (χ3v) is 2.16. The Hall–Kier alpha value is -1.85. The Bertz CT molecular complexity index is 370. The van der Waals surface area contributed by atoms with Crippen LogP contribution in [0.2, 0.25) is 0 Å². The summed E-state index contributed by atoms with van der Waals surface area (Å²) in [6.07, 6.45) is 1.45. The number of carbonyl (C=O) groups is 2. The maximum atomic E-state index is 11.0. The van der Waals surface area contributed by atoms with E-state index in [-0.39, 0.29) is 12.3 Å². The number of amides is 1. The standard InChI is InChI=1S/C10H15N3O3/c1-3-13-9(4-5-11-13)8(6-10(15)16)12-7(2)14/h4-5,8H,3,6H2,1-2H3,(H,12,14)(H,15,16). The minimum Gasteiger partial charge on any atom is -0.481 e. The van der Waals surface area contributed by atoms with Crippen molar-refractivity contribution in [2.75, 3.05) is 0 Å². The highest BCUT2D eigenvalue weighted by Crippen LogP contribution is 2.16. The van der Waals surface area contributed by atoms with Crippen LogP contribution < -0.4 is 5.32 Å². The highest BCUT2D eigenvalue weighted by atomic mass is 16.4. The van der Waals surface area contributed by atoms with E-state index in [9.17, 15) is 9.59 Å². The second-order valence-electron chi connectivity index (χ2n) is 3.42. The third-order valence-electron chi connectivity index (χ3n) is 2.16. The van der Waals surface area contributed by atoms with Gasteiger partial charge in [0.1, 0.15) is 0 Å². The van der Waals surface area contributed by atoms with Crippen molar-refractivity contribution in [1.82, 2.24) is 15.1 Å². The quantitative estimate of drug-likeness (QED) is 0.766. The Balaban J connectivity index is 2.90. The van der Waals surface area contributed by atoms with Gasteiger partial charge in [-0.1, -0.05) is 0 Å². The average molecular weight is 225 g/mol. The molecule has 0 aliphatic carbocycles. The SMILES string of the molecule is CCn1nccc1C(CC(=O)O)NC(C)=O. The molecule has 2 N–H and O–H groups in total. The van der Waals surface area contributed by atoms with Crippen LogP contribution in [0.4, 0.5) is 0 Å². The average Bonchev–Trinajstić information content (AvgIpc) is 2.62. The zero-order chi connectivity index (χ0) is 12.1. The summed E-state index contributed by atoms with van der Waals surface area (Å²) in [5.41, 5.74) is 0.708. The van der Waals surface area contributed by atoms with E-state index in [0.29, 0.717) is 12.2 Å². The third kappa shape index (κ3) is 3.08. The number of carboxylic acid groups (broad SMARTS) is 1. The van der Waals surface area contributed by atoms with E-state index in [0.717, 1.165) is 0 Å². The molecule has 88 valence electrons. The number of carbonyl (C=O) groups excluding carboxylic acids is 1. The maximum absolute atomic E-state index is 11.0. The van der Waals surface area contributed by atoms with Crippen molar-refractivity contribution in [3.8, 4) is 0 Å². The van der Waals surface area contributed by atoms with Crippen LogP contribution in [0, 0.1) is 0 Å². The highest BCUT2D eigenvalue weighted by molar-refractivity contribution is 5.75. The van der Waals surface area contributed by atoms with Gasteiger partial charge in [-0.05, 0) is 13.0 Å². The molecule has 0 radical (unpaired) electrons. The second-order valence-corrected chi connectivity index (χ2v) is 3.42. The summed E-state index contributed by atoms with van der Waals surface area (Å²) in [4.78, 5) is 21.7. The highest BCUT2D eigenvalue weighted by Gasteiger charge is 2.19. The summed E-state index contributed by atoms with van der Waals surface area (Å²) in [5, 5.41) is 15.4. The predicted molar refractivity (Wildman–Crippen MR) is 56.7 cm³/mol. The van der Waals surface area contributed by atoms with Crippen LogP contribution in [0.5, 0.6) is 0 Å². The maximum Gasteiger partial charge on any atom is 0.305 e. The summed E-state index contributed by atoms with van der Waals surface area (Å²) in [6, 6.07) is 1.19. The van der Waals surface area contributed by atoms with Gasteiger partial charge in [-0.25, -0.2) is 0 Å². The van der Waals surface area contributed by atoms with Crippen LogP contribution in [-0.2, 0) is 16.1 Å². The van der Waals surface area contributed by atoms with Gasteiger partial charge in [0.05, 0.1) is 18.2 Å². The van der Waals surface area contributed by atoms with Crippen LogP contribution >= 0.6 is 0 Å². The van der Waals surface area contributed by atoms with Crippen LogP contribution in [0.3, 0.4) is 0 Å². The van der Waals surface area contributed by atoms with Crippen LogP contribution in [-0.4, -0.2) is 26.8 Å². The molecule has 0 bridgehead atoms. The summed E-state index contributed by atoms with van der Waals surface area (Å²) in [6.45, 7) is 3.90. The van der Waals surface area contributed by atoms with Gasteiger partial charge in [-0.15, -0.1) is 0 Å². The van der Waals surface area contributed by atoms with Gasteiger partial charge in [0.15, 0.2) is 0 Å². The van der Waals surface area contributed by atoms with Crippen molar-refractivity contribution in [3.05, 3.63) is 18.0 Å². The Labute approximate surface area is 93.3 Å². The number of nitrogens with one attached hydrogen (secondary N) is 1. The molecule has 6 heteroatoms. The lowest BCUT2D eigenvalue weighted by molar-refractivity contribution is -0.137. The van der Waals surface area contributed by atoms with Gasteiger partial charge in [0, 0.05) is 19.7 Å². The van der Waals surface area contributed by atoms with Gasteiger partial charge in [-0.3, -0.25) is 14.3 Å². The number of carboxylic acids is 1. The topological polar surface area (TPSA) is 84.2 Å². The summed E-state index contributed by atoms with van der Waals surface area (Å²) >= 11 is 0. The molecule has 1 unspecified atom stereocenters. The predicted octanol–water partition coefficient (Wildman–Crippen LogP) is 0.555. The Morgan fingerprint density at radius 2 is 2.31 bits per heavy atom. The molecular formula is C10H15N3O3. The van der Waals surface area contributed by atoms with Gasteiger partial charge in [0.25, 0.3) is 0 Å². The number of hydrogen-bond acceptors (Lipinski definition) is 3. The van der Waals surface area contributed by atoms with Crippen LogP contribution in [0.15, 0.2) is 12.3 Å². The van der Waals surface area contributed by atoms with Crippen molar-refractivity contribution in [1.29, 1.82) is 0 Å². The molecule has 0 spiro atoms. The zero-order valence-corrected chi connectivity index (χ0v) is 9.30. The fourth-order valence-electron chi connectivity index (χ4n) is 1.55. The molecule has 1 atom stereocenters. The second kappa shape index (κ2) is 5.29. The summed E-state index contributed by atoms with van der Waals surface area (Å²) in [5.74, 6) is -1.21. The lowest BCUT2D eigenvalue weighted by Gasteiger charge is -2.16. The monoisotopic (exact) mass is 225 g/mol. The zero-order valence-electron chi connectivity index (χ0n) is 9.30. The van der Waals surface area contributed by atoms with E-state index in [2.05, 4.69) is 10.4 Å². The molecule has 0 aromatic carbocycles.